The molecule has 2 aromatic rings. The minimum atomic E-state index is -0.669. The molecule has 0 saturated carbocycles. The van der Waals surface area contributed by atoms with Crippen LogP contribution in [0.5, 0.6) is 5.75 Å². The second-order valence-electron chi connectivity index (χ2n) is 5.34. The topological polar surface area (TPSA) is 89.8 Å². The van der Waals surface area contributed by atoms with Gasteiger partial charge in [0.05, 0.1) is 22.8 Å². The summed E-state index contributed by atoms with van der Waals surface area (Å²) in [6, 6.07) is 11.9. The van der Waals surface area contributed by atoms with Crippen LogP contribution >= 0.6 is 11.6 Å². The lowest BCUT2D eigenvalue weighted by Gasteiger charge is -2.18. The van der Waals surface area contributed by atoms with Crippen molar-refractivity contribution in [1.29, 1.82) is 0 Å². The third-order valence-electron chi connectivity index (χ3n) is 3.80. The molecule has 0 fully saturated rings. The maximum absolute atomic E-state index is 12.9. The molecular formula is C18H13ClN2O5. The van der Waals surface area contributed by atoms with Gasteiger partial charge in [-0.25, -0.2) is 4.90 Å². The van der Waals surface area contributed by atoms with Crippen molar-refractivity contribution < 1.29 is 19.2 Å². The van der Waals surface area contributed by atoms with Gasteiger partial charge in [-0.3, -0.25) is 19.7 Å². The number of carbonyl (C=O) groups is 2. The van der Waals surface area contributed by atoms with E-state index in [0.717, 1.165) is 4.90 Å². The van der Waals surface area contributed by atoms with Crippen molar-refractivity contribution in [3.8, 4) is 5.75 Å². The Morgan fingerprint density at radius 2 is 1.73 bits per heavy atom. The minimum Gasteiger partial charge on any atom is -0.492 e. The summed E-state index contributed by atoms with van der Waals surface area (Å²) in [5, 5.41) is 10.5. The average molecular weight is 373 g/mol. The smallest absolute Gasteiger partial charge is 0.277 e. The molecule has 3 rings (SSSR count). The molecule has 0 spiro atoms. The highest BCUT2D eigenvalue weighted by atomic mass is 35.5. The fraction of sp³-hybridized carbons (Fsp3) is 0.111. The standard InChI is InChI=1S/C18H13ClN2O5/c1-2-26-14-6-4-3-5-13(14)20-17(22)15(16(19)18(20)23)11-7-9-12(10-8-11)21(24)25/h3-10H,2H2,1H3. The molecule has 1 heterocycles. The van der Waals surface area contributed by atoms with Crippen molar-refractivity contribution in [2.75, 3.05) is 11.5 Å². The molecular weight excluding hydrogens is 360 g/mol. The molecule has 2 amide bonds. The van der Waals surface area contributed by atoms with Crippen LogP contribution in [0.3, 0.4) is 0 Å². The summed E-state index contributed by atoms with van der Waals surface area (Å²) in [4.78, 5) is 36.6. The summed E-state index contributed by atoms with van der Waals surface area (Å²) < 4.78 is 5.48. The zero-order valence-electron chi connectivity index (χ0n) is 13.6. The molecule has 0 unspecified atom stereocenters. The van der Waals surface area contributed by atoms with Crippen LogP contribution in [0, 0.1) is 10.1 Å². The van der Waals surface area contributed by atoms with Gasteiger partial charge in [-0.15, -0.1) is 0 Å². The number of imide groups is 1. The van der Waals surface area contributed by atoms with E-state index in [1.54, 1.807) is 31.2 Å². The van der Waals surface area contributed by atoms with E-state index in [1.165, 1.54) is 24.3 Å². The molecule has 1 aliphatic heterocycles. The highest BCUT2D eigenvalue weighted by molar-refractivity contribution is 6.60. The molecule has 0 radical (unpaired) electrons. The van der Waals surface area contributed by atoms with Crippen LogP contribution in [0.15, 0.2) is 53.6 Å². The van der Waals surface area contributed by atoms with Gasteiger partial charge in [0.25, 0.3) is 17.5 Å². The summed E-state index contributed by atoms with van der Waals surface area (Å²) in [5.74, 6) is -0.899. The van der Waals surface area contributed by atoms with E-state index in [0.29, 0.717) is 23.6 Å². The van der Waals surface area contributed by atoms with Crippen LogP contribution in [-0.4, -0.2) is 23.3 Å². The SMILES string of the molecule is CCOc1ccccc1N1C(=O)C(Cl)=C(c2ccc([N+](=O)[O-])cc2)C1=O. The fourth-order valence-corrected chi connectivity index (χ4v) is 2.92. The largest absolute Gasteiger partial charge is 0.492 e. The molecule has 0 aliphatic carbocycles. The average Bonchev–Trinajstić information content (AvgIpc) is 2.85. The van der Waals surface area contributed by atoms with Gasteiger partial charge in [-0.05, 0) is 36.8 Å². The Morgan fingerprint density at radius 1 is 1.08 bits per heavy atom. The molecule has 0 saturated heterocycles. The molecule has 2 aromatic carbocycles. The van der Waals surface area contributed by atoms with E-state index >= 15 is 0 Å². The lowest BCUT2D eigenvalue weighted by Crippen LogP contribution is -2.31. The van der Waals surface area contributed by atoms with Crippen molar-refractivity contribution >= 4 is 40.4 Å². The van der Waals surface area contributed by atoms with Gasteiger partial charge in [0.2, 0.25) is 0 Å². The number of rotatable bonds is 5. The third kappa shape index (κ3) is 2.93. The first-order valence-corrected chi connectivity index (χ1v) is 8.08. The summed E-state index contributed by atoms with van der Waals surface area (Å²) in [5.41, 5.74) is 0.494. The summed E-state index contributed by atoms with van der Waals surface area (Å²) in [6.45, 7) is 2.15. The van der Waals surface area contributed by atoms with Crippen molar-refractivity contribution in [1.82, 2.24) is 0 Å². The van der Waals surface area contributed by atoms with Crippen molar-refractivity contribution in [2.45, 2.75) is 6.92 Å². The molecule has 8 heteroatoms. The summed E-state index contributed by atoms with van der Waals surface area (Å²) in [6.07, 6.45) is 0. The number of nitro benzene ring substituents is 1. The number of hydrogen-bond donors (Lipinski definition) is 0. The quantitative estimate of drug-likeness (QED) is 0.455. The number of amides is 2. The first-order valence-electron chi connectivity index (χ1n) is 7.71. The van der Waals surface area contributed by atoms with Crippen LogP contribution in [0.2, 0.25) is 0 Å². The molecule has 7 nitrogen and oxygen atoms in total. The molecule has 0 bridgehead atoms. The number of non-ortho nitro benzene ring substituents is 1. The lowest BCUT2D eigenvalue weighted by atomic mass is 10.1. The van der Waals surface area contributed by atoms with Crippen LogP contribution in [-0.2, 0) is 9.59 Å². The predicted molar refractivity (Wildman–Crippen MR) is 96.0 cm³/mol. The second-order valence-corrected chi connectivity index (χ2v) is 5.72. The summed E-state index contributed by atoms with van der Waals surface area (Å²) in [7, 11) is 0. The van der Waals surface area contributed by atoms with Crippen LogP contribution in [0.4, 0.5) is 11.4 Å². The van der Waals surface area contributed by atoms with Crippen LogP contribution in [0.1, 0.15) is 12.5 Å². The number of ether oxygens (including phenoxy) is 1. The molecule has 26 heavy (non-hydrogen) atoms. The highest BCUT2D eigenvalue weighted by Crippen LogP contribution is 2.38. The number of para-hydroxylation sites is 2. The Balaban J connectivity index is 2.02. The van der Waals surface area contributed by atoms with Gasteiger partial charge in [0.15, 0.2) is 0 Å². The number of halogens is 1. The second kappa shape index (κ2) is 6.97. The van der Waals surface area contributed by atoms with Crippen molar-refractivity contribution in [3.63, 3.8) is 0 Å². The lowest BCUT2D eigenvalue weighted by molar-refractivity contribution is -0.384. The molecule has 0 atom stereocenters. The van der Waals surface area contributed by atoms with Crippen molar-refractivity contribution in [2.24, 2.45) is 0 Å². The number of carbonyl (C=O) groups excluding carboxylic acids is 2. The summed E-state index contributed by atoms with van der Waals surface area (Å²) >= 11 is 6.13. The number of nitrogens with zero attached hydrogens (tertiary/aromatic N) is 2. The van der Waals surface area contributed by atoms with Gasteiger partial charge >= 0.3 is 0 Å². The Labute approximate surface area is 153 Å². The Morgan fingerprint density at radius 3 is 2.35 bits per heavy atom. The zero-order valence-corrected chi connectivity index (χ0v) is 14.4. The number of hydrogen-bond acceptors (Lipinski definition) is 5. The first-order chi connectivity index (χ1) is 12.5. The Hall–Kier alpha value is -3.19. The van der Waals surface area contributed by atoms with Gasteiger partial charge in [0.1, 0.15) is 10.8 Å². The van der Waals surface area contributed by atoms with Gasteiger partial charge in [0, 0.05) is 12.1 Å². The predicted octanol–water partition coefficient (Wildman–Crippen LogP) is 3.52. The molecule has 0 aromatic heterocycles. The van der Waals surface area contributed by atoms with E-state index in [1.807, 2.05) is 0 Å². The van der Waals surface area contributed by atoms with Crippen LogP contribution in [0.25, 0.3) is 5.57 Å². The normalized spacial score (nSPS) is 14.2. The fourth-order valence-electron chi connectivity index (χ4n) is 2.64. The van der Waals surface area contributed by atoms with Gasteiger partial charge in [-0.2, -0.15) is 0 Å². The van der Waals surface area contributed by atoms with E-state index in [4.69, 9.17) is 16.3 Å². The van der Waals surface area contributed by atoms with E-state index < -0.39 is 16.7 Å². The Kier molecular flexibility index (Phi) is 4.73. The molecule has 132 valence electrons. The Bertz CT molecular complexity index is 937. The van der Waals surface area contributed by atoms with E-state index in [2.05, 4.69) is 0 Å². The third-order valence-corrected chi connectivity index (χ3v) is 4.15. The zero-order chi connectivity index (χ0) is 18.8. The van der Waals surface area contributed by atoms with E-state index in [9.17, 15) is 19.7 Å². The first kappa shape index (κ1) is 17.6. The maximum Gasteiger partial charge on any atom is 0.277 e. The number of nitro groups is 1. The van der Waals surface area contributed by atoms with Gasteiger partial charge in [-0.1, -0.05) is 23.7 Å². The number of benzene rings is 2. The number of anilines is 1. The van der Waals surface area contributed by atoms with E-state index in [-0.39, 0.29) is 16.3 Å². The van der Waals surface area contributed by atoms with Crippen LogP contribution < -0.4 is 9.64 Å². The minimum absolute atomic E-state index is 0.00198. The highest BCUT2D eigenvalue weighted by Gasteiger charge is 2.40. The van der Waals surface area contributed by atoms with Crippen molar-refractivity contribution in [3.05, 3.63) is 69.2 Å². The maximum atomic E-state index is 12.9. The molecule has 1 aliphatic rings. The van der Waals surface area contributed by atoms with Gasteiger partial charge < -0.3 is 4.74 Å². The molecule has 0 N–H and O–H groups in total. The monoisotopic (exact) mass is 372 g/mol.